The molecule has 5 unspecified atom stereocenters. The van der Waals surface area contributed by atoms with Gasteiger partial charge >= 0.3 is 0 Å². The highest BCUT2D eigenvalue weighted by molar-refractivity contribution is 7.59. The quantitative estimate of drug-likeness (QED) is 0.184. The topological polar surface area (TPSA) is 304 Å². The minimum atomic E-state index is -5.55. The number of aliphatic hydroxyl groups is 4. The lowest BCUT2D eigenvalue weighted by Crippen LogP contribution is -2.34. The lowest BCUT2D eigenvalue weighted by molar-refractivity contribution is -0.249. The van der Waals surface area contributed by atoms with Gasteiger partial charge in [-0.2, -0.15) is 0 Å². The number of quaternary nitrogens is 1. The number of anilines is 1. The molecule has 9 atom stereocenters. The molecule has 1 saturated heterocycles. The Morgan fingerprint density at radius 2 is 1.80 bits per heavy atom. The SMILES string of the molecule is Nc1ncnc2c1ncn2[C@@H]1O[C@H](COP(=O)([O-])OP(=O)([O-])O[C@H]2CCC(O)[C@H]2O)C(O)C1O.[NH4+]. The third kappa shape index (κ3) is 5.86. The number of phosphoric acid groups is 2. The molecule has 0 bridgehead atoms. The Kier molecular flexibility index (Phi) is 8.30. The van der Waals surface area contributed by atoms with Crippen molar-refractivity contribution >= 4 is 32.6 Å². The molecule has 1 aliphatic carbocycles. The molecular formula is C15H25N6O12P2-. The number of nitrogen functional groups attached to an aromatic ring is 1. The highest BCUT2D eigenvalue weighted by Crippen LogP contribution is 2.57. The molecule has 20 heteroatoms. The number of nitrogens with two attached hydrogens (primary N) is 1. The van der Waals surface area contributed by atoms with E-state index in [1.165, 1.54) is 10.9 Å². The van der Waals surface area contributed by atoms with E-state index in [0.717, 1.165) is 6.33 Å². The van der Waals surface area contributed by atoms with Crippen molar-refractivity contribution in [3.8, 4) is 0 Å². The van der Waals surface area contributed by atoms with Gasteiger partial charge in [-0.1, -0.05) is 0 Å². The van der Waals surface area contributed by atoms with E-state index < -0.39 is 65.1 Å². The van der Waals surface area contributed by atoms with Crippen molar-refractivity contribution in [2.45, 2.75) is 55.7 Å². The fourth-order valence-corrected chi connectivity index (χ4v) is 5.90. The van der Waals surface area contributed by atoms with Crippen molar-refractivity contribution < 1.29 is 57.4 Å². The fraction of sp³-hybridized carbons (Fsp3) is 0.667. The minimum absolute atomic E-state index is 0. The van der Waals surface area contributed by atoms with E-state index in [1.807, 2.05) is 0 Å². The predicted octanol–water partition coefficient (Wildman–Crippen LogP) is -2.73. The summed E-state index contributed by atoms with van der Waals surface area (Å²) in [4.78, 5) is 35.7. The number of rotatable bonds is 8. The van der Waals surface area contributed by atoms with E-state index in [-0.39, 0.29) is 36.0 Å². The monoisotopic (exact) mass is 543 g/mol. The van der Waals surface area contributed by atoms with Crippen LogP contribution in [-0.4, -0.2) is 83.2 Å². The van der Waals surface area contributed by atoms with Crippen LogP contribution in [0.2, 0.25) is 0 Å². The first kappa shape index (κ1) is 27.9. The van der Waals surface area contributed by atoms with E-state index in [2.05, 4.69) is 28.3 Å². The van der Waals surface area contributed by atoms with Crippen LogP contribution < -0.4 is 21.7 Å². The summed E-state index contributed by atoms with van der Waals surface area (Å²) in [7, 11) is -11.1. The minimum Gasteiger partial charge on any atom is -0.756 e. The molecule has 1 aliphatic heterocycles. The van der Waals surface area contributed by atoms with E-state index in [4.69, 9.17) is 10.5 Å². The van der Waals surface area contributed by atoms with E-state index >= 15 is 0 Å². The Morgan fingerprint density at radius 1 is 1.09 bits per heavy atom. The van der Waals surface area contributed by atoms with Gasteiger partial charge in [0.1, 0.15) is 36.3 Å². The fourth-order valence-electron chi connectivity index (χ4n) is 3.69. The highest BCUT2D eigenvalue weighted by atomic mass is 31.3. The molecule has 0 aromatic carbocycles. The number of hydrogen-bond donors (Lipinski definition) is 6. The largest absolute Gasteiger partial charge is 0.756 e. The second-order valence-corrected chi connectivity index (χ2v) is 10.6. The molecule has 35 heavy (non-hydrogen) atoms. The summed E-state index contributed by atoms with van der Waals surface area (Å²) in [6.07, 6.45) is -7.71. The van der Waals surface area contributed by atoms with Crippen molar-refractivity contribution in [1.29, 1.82) is 0 Å². The molecule has 4 rings (SSSR count). The number of fused-ring (bicyclic) bond motifs is 1. The summed E-state index contributed by atoms with van der Waals surface area (Å²) in [5, 5.41) is 39.7. The maximum Gasteiger partial charge on any atom is 0.274 e. The molecule has 198 valence electrons. The average molecular weight is 543 g/mol. The number of phosphoric ester groups is 2. The summed E-state index contributed by atoms with van der Waals surface area (Å²) in [5.41, 5.74) is 6.08. The van der Waals surface area contributed by atoms with Crippen LogP contribution in [0.4, 0.5) is 5.82 Å². The molecular weight excluding hydrogens is 518 g/mol. The first-order chi connectivity index (χ1) is 15.9. The highest BCUT2D eigenvalue weighted by Gasteiger charge is 2.45. The van der Waals surface area contributed by atoms with Crippen LogP contribution in [0.15, 0.2) is 12.7 Å². The van der Waals surface area contributed by atoms with Crippen molar-refractivity contribution in [1.82, 2.24) is 25.7 Å². The first-order valence-electron chi connectivity index (χ1n) is 9.85. The lowest BCUT2D eigenvalue weighted by atomic mass is 10.1. The number of ether oxygens (including phenoxy) is 1. The summed E-state index contributed by atoms with van der Waals surface area (Å²) in [5.74, 6) is 0.0602. The molecule has 2 aromatic heterocycles. The zero-order valence-electron chi connectivity index (χ0n) is 18.1. The number of hydrogen-bond acceptors (Lipinski definition) is 16. The maximum absolute atomic E-state index is 12.0. The van der Waals surface area contributed by atoms with E-state index in [9.17, 15) is 39.3 Å². The predicted molar refractivity (Wildman–Crippen MR) is 110 cm³/mol. The second kappa shape index (κ2) is 10.4. The molecule has 18 nitrogen and oxygen atoms in total. The Hall–Kier alpha value is -1.63. The van der Waals surface area contributed by atoms with Crippen LogP contribution in [0.5, 0.6) is 0 Å². The van der Waals surface area contributed by atoms with Gasteiger partial charge in [-0.15, -0.1) is 0 Å². The molecule has 2 aliphatic rings. The Morgan fingerprint density at radius 3 is 2.46 bits per heavy atom. The second-order valence-electron chi connectivity index (χ2n) is 7.68. The Balaban J connectivity index is 0.00000342. The molecule has 0 radical (unpaired) electrons. The Labute approximate surface area is 197 Å². The maximum atomic E-state index is 12.0. The molecule has 2 aromatic rings. The van der Waals surface area contributed by atoms with Gasteiger partial charge in [0.05, 0.1) is 25.1 Å². The van der Waals surface area contributed by atoms with Crippen molar-refractivity contribution in [3.05, 3.63) is 12.7 Å². The van der Waals surface area contributed by atoms with Crippen molar-refractivity contribution in [3.63, 3.8) is 0 Å². The van der Waals surface area contributed by atoms with Crippen LogP contribution in [0.3, 0.4) is 0 Å². The van der Waals surface area contributed by atoms with Crippen molar-refractivity contribution in [2.75, 3.05) is 12.3 Å². The molecule has 10 N–H and O–H groups in total. The summed E-state index contributed by atoms with van der Waals surface area (Å²) >= 11 is 0. The van der Waals surface area contributed by atoms with E-state index in [0.29, 0.717) is 0 Å². The molecule has 1 saturated carbocycles. The average Bonchev–Trinajstić information content (AvgIpc) is 3.39. The lowest BCUT2D eigenvalue weighted by Gasteiger charge is -2.33. The Bertz CT molecular complexity index is 1140. The van der Waals surface area contributed by atoms with Crippen LogP contribution in [0.25, 0.3) is 11.2 Å². The van der Waals surface area contributed by atoms with Crippen LogP contribution in [0, 0.1) is 0 Å². The van der Waals surface area contributed by atoms with Gasteiger partial charge in [0.15, 0.2) is 17.7 Å². The van der Waals surface area contributed by atoms with Gasteiger partial charge in [0.2, 0.25) is 0 Å². The number of nitrogens with zero attached hydrogens (tertiary/aromatic N) is 4. The van der Waals surface area contributed by atoms with Gasteiger partial charge in [0, 0.05) is 0 Å². The van der Waals surface area contributed by atoms with Gasteiger partial charge in [-0.3, -0.25) is 13.7 Å². The van der Waals surface area contributed by atoms with Gasteiger partial charge < -0.3 is 55.9 Å². The van der Waals surface area contributed by atoms with Gasteiger partial charge in [-0.25, -0.2) is 19.3 Å². The number of aliphatic hydroxyl groups excluding tert-OH is 4. The summed E-state index contributed by atoms with van der Waals surface area (Å²) < 4.78 is 43.6. The molecule has 2 fully saturated rings. The number of aromatic nitrogens is 4. The van der Waals surface area contributed by atoms with Gasteiger partial charge in [-0.05, 0) is 12.8 Å². The van der Waals surface area contributed by atoms with Gasteiger partial charge in [0.25, 0.3) is 15.6 Å². The third-order valence-electron chi connectivity index (χ3n) is 5.38. The standard InChI is InChI=1S/C15H23N5O12P2.H3N/c16-13-9-14(18-4-17-13)20(5-19-9)15-12(24)11(23)8(30-15)3-29-33(25,26)32-34(27,28)31-7-2-1-6(21)10(7)22;/h4-8,10-12,15,21-24H,1-3H2,(H,25,26)(H,27,28)(H2,16,17,18);1H3/p-1/t6?,7-,8+,10+,11?,12?,15+;/m0./s1. The first-order valence-corrected chi connectivity index (χ1v) is 12.8. The smallest absolute Gasteiger partial charge is 0.274 e. The van der Waals surface area contributed by atoms with E-state index in [1.54, 1.807) is 0 Å². The zero-order valence-corrected chi connectivity index (χ0v) is 19.9. The summed E-state index contributed by atoms with van der Waals surface area (Å²) in [6, 6.07) is 0. The molecule has 3 heterocycles. The third-order valence-corrected chi connectivity index (χ3v) is 7.98. The van der Waals surface area contributed by atoms with Crippen LogP contribution in [0.1, 0.15) is 19.1 Å². The van der Waals surface area contributed by atoms with Crippen molar-refractivity contribution in [2.24, 2.45) is 0 Å². The number of imidazole rings is 1. The normalized spacial score (nSPS) is 34.4. The van der Waals surface area contributed by atoms with Crippen LogP contribution in [-0.2, 0) is 27.2 Å². The zero-order chi connectivity index (χ0) is 24.8. The summed E-state index contributed by atoms with van der Waals surface area (Å²) in [6.45, 7) is -0.927. The van der Waals surface area contributed by atoms with Crippen LogP contribution >= 0.6 is 15.6 Å². The molecule has 0 amide bonds. The molecule has 0 spiro atoms.